The largest absolute Gasteiger partial charge is 0.424 e. The molecule has 7 heteroatoms. The van der Waals surface area contributed by atoms with Crippen molar-refractivity contribution in [2.45, 2.75) is 26.7 Å². The van der Waals surface area contributed by atoms with Crippen LogP contribution >= 0.6 is 11.3 Å². The van der Waals surface area contributed by atoms with E-state index in [-0.39, 0.29) is 18.3 Å². The molecule has 0 bridgehead atoms. The normalized spacial score (nSPS) is 10.6. The maximum absolute atomic E-state index is 12.5. The van der Waals surface area contributed by atoms with Gasteiger partial charge in [-0.25, -0.2) is 15.0 Å². The van der Waals surface area contributed by atoms with Crippen molar-refractivity contribution < 1.29 is 9.53 Å². The summed E-state index contributed by atoms with van der Waals surface area (Å²) in [6.07, 6.45) is 4.47. The molecule has 0 spiro atoms. The Kier molecular flexibility index (Phi) is 6.33. The van der Waals surface area contributed by atoms with Crippen LogP contribution in [0, 0.1) is 6.92 Å². The number of carbonyl (C=O) groups excluding carboxylic acids is 1. The lowest BCUT2D eigenvalue weighted by atomic mass is 10.1. The smallest absolute Gasteiger partial charge is 0.321 e. The number of benzene rings is 2. The number of hydrogen-bond acceptors (Lipinski definition) is 6. The number of aryl methyl sites for hydroxylation is 2. The van der Waals surface area contributed by atoms with E-state index in [1.165, 1.54) is 5.56 Å². The van der Waals surface area contributed by atoms with Crippen molar-refractivity contribution in [1.29, 1.82) is 0 Å². The van der Waals surface area contributed by atoms with Crippen LogP contribution in [-0.2, 0) is 17.6 Å². The minimum Gasteiger partial charge on any atom is -0.424 e. The van der Waals surface area contributed by atoms with Crippen molar-refractivity contribution in [2.24, 2.45) is 0 Å². The topological polar surface area (TPSA) is 77.0 Å². The van der Waals surface area contributed by atoms with Gasteiger partial charge < -0.3 is 10.1 Å². The molecular weight excluding hydrogens is 408 g/mol. The highest BCUT2D eigenvalue weighted by Gasteiger charge is 2.11. The Hall–Kier alpha value is -3.58. The summed E-state index contributed by atoms with van der Waals surface area (Å²) in [5, 5.41) is 5.81. The quantitative estimate of drug-likeness (QED) is 0.422. The first kappa shape index (κ1) is 20.7. The molecule has 0 unspecified atom stereocenters. The molecule has 1 amide bonds. The van der Waals surface area contributed by atoms with Crippen LogP contribution in [0.25, 0.3) is 10.6 Å². The van der Waals surface area contributed by atoms with Gasteiger partial charge in [-0.15, -0.1) is 11.3 Å². The fraction of sp³-hybridized carbons (Fsp3) is 0.167. The summed E-state index contributed by atoms with van der Waals surface area (Å²) in [6, 6.07) is 15.8. The maximum atomic E-state index is 12.5. The maximum Gasteiger partial charge on any atom is 0.321 e. The number of nitrogens with zero attached hydrogens (tertiary/aromatic N) is 3. The molecule has 0 radical (unpaired) electrons. The number of carbonyl (C=O) groups is 1. The Morgan fingerprint density at radius 2 is 1.87 bits per heavy atom. The lowest BCUT2D eigenvalue weighted by Gasteiger charge is -2.10. The standard InChI is InChI=1S/C24H22N4O2S/c1-3-17-5-7-18(8-6-17)23-27-19(15-31-23)14-22(29)28-21-10-9-20(13-16(21)2)30-24-25-11-4-12-26-24/h4-13,15H,3,14H2,1-2H3,(H,28,29). The van der Waals surface area contributed by atoms with Gasteiger partial charge in [-0.2, -0.15) is 0 Å². The molecule has 0 aliphatic rings. The van der Waals surface area contributed by atoms with E-state index in [1.54, 1.807) is 35.9 Å². The van der Waals surface area contributed by atoms with Crippen molar-refractivity contribution in [2.75, 3.05) is 5.32 Å². The Bertz CT molecular complexity index is 1170. The summed E-state index contributed by atoms with van der Waals surface area (Å²) in [7, 11) is 0. The van der Waals surface area contributed by atoms with Gasteiger partial charge in [-0.05, 0) is 48.7 Å². The van der Waals surface area contributed by atoms with Crippen molar-refractivity contribution in [1.82, 2.24) is 15.0 Å². The molecule has 4 aromatic rings. The fourth-order valence-electron chi connectivity index (χ4n) is 3.05. The number of amides is 1. The zero-order valence-corrected chi connectivity index (χ0v) is 18.1. The number of hydrogen-bond donors (Lipinski definition) is 1. The minimum atomic E-state index is -0.110. The summed E-state index contributed by atoms with van der Waals surface area (Å²) >= 11 is 1.55. The van der Waals surface area contributed by atoms with Crippen LogP contribution in [0.1, 0.15) is 23.7 Å². The molecule has 0 saturated heterocycles. The Morgan fingerprint density at radius 1 is 1.10 bits per heavy atom. The molecule has 0 saturated carbocycles. The van der Waals surface area contributed by atoms with E-state index >= 15 is 0 Å². The molecule has 0 aliphatic carbocycles. The Balaban J connectivity index is 1.38. The number of anilines is 1. The Morgan fingerprint density at radius 3 is 2.58 bits per heavy atom. The first-order chi connectivity index (χ1) is 15.1. The number of thiazole rings is 1. The number of ether oxygens (including phenoxy) is 1. The zero-order valence-electron chi connectivity index (χ0n) is 17.3. The van der Waals surface area contributed by atoms with Crippen LogP contribution in [0.15, 0.2) is 66.3 Å². The van der Waals surface area contributed by atoms with E-state index in [2.05, 4.69) is 51.5 Å². The van der Waals surface area contributed by atoms with Crippen LogP contribution in [0.3, 0.4) is 0 Å². The third kappa shape index (κ3) is 5.32. The summed E-state index contributed by atoms with van der Waals surface area (Å²) in [5.41, 5.74) is 4.75. The van der Waals surface area contributed by atoms with Gasteiger partial charge in [-0.3, -0.25) is 4.79 Å². The average Bonchev–Trinajstić information content (AvgIpc) is 3.25. The van der Waals surface area contributed by atoms with Gasteiger partial charge in [0.25, 0.3) is 0 Å². The molecule has 2 aromatic carbocycles. The molecule has 2 heterocycles. The molecular formula is C24H22N4O2S. The molecule has 0 fully saturated rings. The van der Waals surface area contributed by atoms with Crippen LogP contribution in [0.5, 0.6) is 11.8 Å². The SMILES string of the molecule is CCc1ccc(-c2nc(CC(=O)Nc3ccc(Oc4ncccn4)cc3C)cs2)cc1. The first-order valence-corrected chi connectivity index (χ1v) is 10.9. The van der Waals surface area contributed by atoms with Crippen molar-refractivity contribution >= 4 is 22.9 Å². The molecule has 0 aliphatic heterocycles. The van der Waals surface area contributed by atoms with E-state index in [1.807, 2.05) is 24.4 Å². The molecule has 2 aromatic heterocycles. The lowest BCUT2D eigenvalue weighted by Crippen LogP contribution is -2.15. The second-order valence-corrected chi connectivity index (χ2v) is 7.89. The molecule has 31 heavy (non-hydrogen) atoms. The molecule has 0 atom stereocenters. The predicted octanol–water partition coefficient (Wildman–Crippen LogP) is 5.44. The van der Waals surface area contributed by atoms with Gasteiger partial charge in [-0.1, -0.05) is 31.2 Å². The van der Waals surface area contributed by atoms with E-state index in [4.69, 9.17) is 4.74 Å². The zero-order chi connectivity index (χ0) is 21.6. The van der Waals surface area contributed by atoms with Crippen LogP contribution in [-0.4, -0.2) is 20.9 Å². The molecule has 4 rings (SSSR count). The van der Waals surface area contributed by atoms with Crippen molar-refractivity contribution in [3.05, 3.63) is 83.1 Å². The summed E-state index contributed by atoms with van der Waals surface area (Å²) < 4.78 is 5.63. The average molecular weight is 431 g/mol. The van der Waals surface area contributed by atoms with E-state index in [0.29, 0.717) is 5.75 Å². The monoisotopic (exact) mass is 430 g/mol. The molecule has 156 valence electrons. The molecule has 6 nitrogen and oxygen atoms in total. The second-order valence-electron chi connectivity index (χ2n) is 7.03. The number of aromatic nitrogens is 3. The number of nitrogens with one attached hydrogen (secondary N) is 1. The van der Waals surface area contributed by atoms with Crippen LogP contribution in [0.4, 0.5) is 5.69 Å². The van der Waals surface area contributed by atoms with Crippen molar-refractivity contribution in [3.63, 3.8) is 0 Å². The summed E-state index contributed by atoms with van der Waals surface area (Å²) in [5.74, 6) is 0.501. The summed E-state index contributed by atoms with van der Waals surface area (Å²) in [6.45, 7) is 4.05. The first-order valence-electron chi connectivity index (χ1n) is 10.00. The highest BCUT2D eigenvalue weighted by molar-refractivity contribution is 7.13. The second kappa shape index (κ2) is 9.49. The molecule has 1 N–H and O–H groups in total. The highest BCUT2D eigenvalue weighted by Crippen LogP contribution is 2.26. The van der Waals surface area contributed by atoms with Crippen LogP contribution in [0.2, 0.25) is 0 Å². The minimum absolute atomic E-state index is 0.110. The van der Waals surface area contributed by atoms with Gasteiger partial charge in [0.2, 0.25) is 5.91 Å². The van der Waals surface area contributed by atoms with E-state index in [0.717, 1.165) is 33.9 Å². The third-order valence-electron chi connectivity index (χ3n) is 4.73. The fourth-order valence-corrected chi connectivity index (χ4v) is 3.87. The predicted molar refractivity (Wildman–Crippen MR) is 123 cm³/mol. The van der Waals surface area contributed by atoms with Gasteiger partial charge in [0.1, 0.15) is 10.8 Å². The van der Waals surface area contributed by atoms with Gasteiger partial charge in [0.05, 0.1) is 12.1 Å². The third-order valence-corrected chi connectivity index (χ3v) is 5.67. The summed E-state index contributed by atoms with van der Waals surface area (Å²) in [4.78, 5) is 25.3. The van der Waals surface area contributed by atoms with Gasteiger partial charge in [0.15, 0.2) is 0 Å². The lowest BCUT2D eigenvalue weighted by molar-refractivity contribution is -0.115. The van der Waals surface area contributed by atoms with Crippen molar-refractivity contribution in [3.8, 4) is 22.3 Å². The van der Waals surface area contributed by atoms with E-state index in [9.17, 15) is 4.79 Å². The highest BCUT2D eigenvalue weighted by atomic mass is 32.1. The van der Waals surface area contributed by atoms with Gasteiger partial charge >= 0.3 is 6.01 Å². The Labute approximate surface area is 185 Å². The van der Waals surface area contributed by atoms with E-state index < -0.39 is 0 Å². The van der Waals surface area contributed by atoms with Crippen LogP contribution < -0.4 is 10.1 Å². The number of rotatable bonds is 7. The van der Waals surface area contributed by atoms with Gasteiger partial charge in [0, 0.05) is 29.0 Å².